The Morgan fingerprint density at radius 1 is 1.28 bits per heavy atom. The first-order chi connectivity index (χ1) is 8.60. The Labute approximate surface area is 109 Å². The summed E-state index contributed by atoms with van der Waals surface area (Å²) in [6.45, 7) is 7.50. The second kappa shape index (κ2) is 5.72. The highest BCUT2D eigenvalue weighted by atomic mass is 16.5. The summed E-state index contributed by atoms with van der Waals surface area (Å²) in [6.07, 6.45) is 1.00. The van der Waals surface area contributed by atoms with Gasteiger partial charge in [-0.1, -0.05) is 32.0 Å². The normalized spacial score (nSPS) is 18.7. The lowest BCUT2D eigenvalue weighted by molar-refractivity contribution is -0.127. The van der Waals surface area contributed by atoms with Gasteiger partial charge >= 0.3 is 0 Å². The average Bonchev–Trinajstić information content (AvgIpc) is 2.33. The van der Waals surface area contributed by atoms with E-state index in [2.05, 4.69) is 18.7 Å². The van der Waals surface area contributed by atoms with Crippen LogP contribution in [0.2, 0.25) is 0 Å². The molecule has 0 saturated carbocycles. The third-order valence-electron chi connectivity index (χ3n) is 3.70. The Kier molecular flexibility index (Phi) is 4.25. The highest BCUT2D eigenvalue weighted by molar-refractivity contribution is 5.20. The number of likely N-dealkylation sites (tertiary alicyclic amines) is 1. The first-order valence-electron chi connectivity index (χ1n) is 6.73. The summed E-state index contributed by atoms with van der Waals surface area (Å²) in [6, 6.07) is 9.89. The van der Waals surface area contributed by atoms with Gasteiger partial charge in [-0.3, -0.25) is 4.90 Å². The van der Waals surface area contributed by atoms with Crippen LogP contribution in [0, 0.1) is 5.92 Å². The van der Waals surface area contributed by atoms with Crippen LogP contribution in [-0.4, -0.2) is 41.8 Å². The van der Waals surface area contributed by atoms with Crippen molar-refractivity contribution in [3.8, 4) is 5.75 Å². The molecule has 3 heteroatoms. The molecular weight excluding hydrogens is 226 g/mol. The lowest BCUT2D eigenvalue weighted by atomic mass is 9.83. The molecule has 0 spiro atoms. The van der Waals surface area contributed by atoms with Crippen LogP contribution in [0.15, 0.2) is 30.3 Å². The Morgan fingerprint density at radius 3 is 2.56 bits per heavy atom. The zero-order chi connectivity index (χ0) is 13.0. The number of nitrogens with zero attached hydrogens (tertiary/aromatic N) is 1. The Hall–Kier alpha value is -1.06. The summed E-state index contributed by atoms with van der Waals surface area (Å²) in [5.74, 6) is 1.27. The lowest BCUT2D eigenvalue weighted by Gasteiger charge is -2.49. The smallest absolute Gasteiger partial charge is 0.119 e. The molecule has 100 valence electrons. The molecule has 0 bridgehead atoms. The summed E-state index contributed by atoms with van der Waals surface area (Å²) in [5, 5.41) is 10.1. The third kappa shape index (κ3) is 3.24. The van der Waals surface area contributed by atoms with E-state index in [-0.39, 0.29) is 0 Å². The largest absolute Gasteiger partial charge is 0.494 e. The zero-order valence-electron chi connectivity index (χ0n) is 11.3. The van der Waals surface area contributed by atoms with Crippen LogP contribution in [0.5, 0.6) is 5.75 Å². The molecule has 0 unspecified atom stereocenters. The van der Waals surface area contributed by atoms with Gasteiger partial charge in [0.15, 0.2) is 0 Å². The van der Waals surface area contributed by atoms with Crippen LogP contribution in [0.4, 0.5) is 0 Å². The van der Waals surface area contributed by atoms with Gasteiger partial charge in [-0.2, -0.15) is 0 Å². The molecule has 1 fully saturated rings. The number of aliphatic hydroxyl groups is 1. The third-order valence-corrected chi connectivity index (χ3v) is 3.70. The zero-order valence-corrected chi connectivity index (χ0v) is 11.3. The topological polar surface area (TPSA) is 32.7 Å². The Morgan fingerprint density at radius 2 is 1.94 bits per heavy atom. The second-order valence-electron chi connectivity index (χ2n) is 5.48. The van der Waals surface area contributed by atoms with Gasteiger partial charge in [0.25, 0.3) is 0 Å². The van der Waals surface area contributed by atoms with Crippen molar-refractivity contribution in [3.63, 3.8) is 0 Å². The molecule has 1 aliphatic rings. The van der Waals surface area contributed by atoms with Crippen molar-refractivity contribution in [1.29, 1.82) is 0 Å². The maximum absolute atomic E-state index is 10.1. The van der Waals surface area contributed by atoms with E-state index in [1.807, 2.05) is 30.3 Å². The Bertz CT molecular complexity index is 358. The average molecular weight is 249 g/mol. The summed E-state index contributed by atoms with van der Waals surface area (Å²) in [5.41, 5.74) is -0.458. The minimum Gasteiger partial charge on any atom is -0.494 e. The van der Waals surface area contributed by atoms with Crippen molar-refractivity contribution in [2.75, 3.05) is 26.2 Å². The van der Waals surface area contributed by atoms with Gasteiger partial charge in [-0.15, -0.1) is 0 Å². The number of hydrogen-bond donors (Lipinski definition) is 1. The van der Waals surface area contributed by atoms with Crippen LogP contribution in [-0.2, 0) is 0 Å². The van der Waals surface area contributed by atoms with Gasteiger partial charge in [0.2, 0.25) is 0 Å². The molecule has 0 aromatic heterocycles. The molecule has 1 heterocycles. The van der Waals surface area contributed by atoms with Gasteiger partial charge in [-0.05, 0) is 24.5 Å². The summed E-state index contributed by atoms with van der Waals surface area (Å²) in [4.78, 5) is 2.29. The van der Waals surface area contributed by atoms with E-state index >= 15 is 0 Å². The molecule has 0 amide bonds. The van der Waals surface area contributed by atoms with Crippen molar-refractivity contribution in [2.24, 2.45) is 5.92 Å². The van der Waals surface area contributed by atoms with E-state index in [0.29, 0.717) is 5.92 Å². The minimum atomic E-state index is -0.458. The quantitative estimate of drug-likeness (QED) is 0.784. The highest BCUT2D eigenvalue weighted by Gasteiger charge is 2.42. The predicted octanol–water partition coefficient (Wildman–Crippen LogP) is 2.16. The number of β-amino-alcohol motifs (C(OH)–C–C–N with tert-alkyl or cyclic N) is 1. The fourth-order valence-electron chi connectivity index (χ4n) is 2.25. The minimum absolute atomic E-state index is 0.342. The molecule has 0 aliphatic carbocycles. The summed E-state index contributed by atoms with van der Waals surface area (Å²) in [7, 11) is 0. The maximum atomic E-state index is 10.1. The fraction of sp³-hybridized carbons (Fsp3) is 0.600. The van der Waals surface area contributed by atoms with Crippen molar-refractivity contribution in [2.45, 2.75) is 25.9 Å². The van der Waals surface area contributed by atoms with Crippen molar-refractivity contribution >= 4 is 0 Å². The molecule has 1 aliphatic heterocycles. The van der Waals surface area contributed by atoms with Crippen LogP contribution in [0.25, 0.3) is 0 Å². The van der Waals surface area contributed by atoms with Crippen molar-refractivity contribution in [3.05, 3.63) is 30.3 Å². The second-order valence-corrected chi connectivity index (χ2v) is 5.48. The van der Waals surface area contributed by atoms with Gasteiger partial charge in [0.05, 0.1) is 12.2 Å². The molecule has 0 atom stereocenters. The van der Waals surface area contributed by atoms with E-state index in [0.717, 1.165) is 38.4 Å². The molecule has 1 N–H and O–H groups in total. The summed E-state index contributed by atoms with van der Waals surface area (Å²) < 4.78 is 5.64. The van der Waals surface area contributed by atoms with Crippen molar-refractivity contribution in [1.82, 2.24) is 4.90 Å². The molecular formula is C15H23NO2. The standard InChI is InChI=1S/C15H23NO2/c1-13(2)15(17)11-16(12-15)9-6-10-18-14-7-4-3-5-8-14/h3-5,7-8,13,17H,6,9-12H2,1-2H3. The van der Waals surface area contributed by atoms with Crippen LogP contribution >= 0.6 is 0 Å². The molecule has 18 heavy (non-hydrogen) atoms. The van der Waals surface area contributed by atoms with Crippen LogP contribution < -0.4 is 4.74 Å². The lowest BCUT2D eigenvalue weighted by Crippen LogP contribution is -2.64. The summed E-state index contributed by atoms with van der Waals surface area (Å²) >= 11 is 0. The van der Waals surface area contributed by atoms with E-state index in [1.165, 1.54) is 0 Å². The maximum Gasteiger partial charge on any atom is 0.119 e. The first kappa shape index (κ1) is 13.4. The van der Waals surface area contributed by atoms with E-state index < -0.39 is 5.60 Å². The molecule has 3 nitrogen and oxygen atoms in total. The molecule has 1 aromatic rings. The Balaban J connectivity index is 1.58. The number of rotatable bonds is 6. The van der Waals surface area contributed by atoms with Crippen LogP contribution in [0.3, 0.4) is 0 Å². The van der Waals surface area contributed by atoms with Gasteiger partial charge < -0.3 is 9.84 Å². The molecule has 1 aromatic carbocycles. The molecule has 1 saturated heterocycles. The number of ether oxygens (including phenoxy) is 1. The number of benzene rings is 1. The highest BCUT2D eigenvalue weighted by Crippen LogP contribution is 2.28. The predicted molar refractivity (Wildman–Crippen MR) is 72.8 cm³/mol. The first-order valence-corrected chi connectivity index (χ1v) is 6.73. The van der Waals surface area contributed by atoms with Crippen molar-refractivity contribution < 1.29 is 9.84 Å². The monoisotopic (exact) mass is 249 g/mol. The fourth-order valence-corrected chi connectivity index (χ4v) is 2.25. The van der Waals surface area contributed by atoms with Gasteiger partial charge in [0.1, 0.15) is 5.75 Å². The SMILES string of the molecule is CC(C)C1(O)CN(CCCOc2ccccc2)C1. The van der Waals surface area contributed by atoms with Gasteiger partial charge in [-0.25, -0.2) is 0 Å². The van der Waals surface area contributed by atoms with E-state index in [4.69, 9.17) is 4.74 Å². The number of hydrogen-bond acceptors (Lipinski definition) is 3. The van der Waals surface area contributed by atoms with E-state index in [1.54, 1.807) is 0 Å². The van der Waals surface area contributed by atoms with E-state index in [9.17, 15) is 5.11 Å². The van der Waals surface area contributed by atoms with Gasteiger partial charge in [0, 0.05) is 19.6 Å². The number of para-hydroxylation sites is 1. The molecule has 2 rings (SSSR count). The molecule has 0 radical (unpaired) electrons. The van der Waals surface area contributed by atoms with Crippen LogP contribution in [0.1, 0.15) is 20.3 Å².